The van der Waals surface area contributed by atoms with Crippen molar-refractivity contribution in [3.05, 3.63) is 57.8 Å². The quantitative estimate of drug-likeness (QED) is 0.805. The smallest absolute Gasteiger partial charge is 0.130 e. The van der Waals surface area contributed by atoms with Crippen LogP contribution in [-0.2, 0) is 6.54 Å². The Labute approximate surface area is 122 Å². The molecule has 0 N–H and O–H groups in total. The zero-order valence-electron chi connectivity index (χ0n) is 10.3. The van der Waals surface area contributed by atoms with Crippen molar-refractivity contribution in [1.82, 2.24) is 4.98 Å². The number of aromatic nitrogens is 1. The van der Waals surface area contributed by atoms with Gasteiger partial charge in [-0.2, -0.15) is 5.26 Å². The maximum atomic E-state index is 9.09. The van der Waals surface area contributed by atoms with Crippen molar-refractivity contribution in [3.63, 3.8) is 0 Å². The summed E-state index contributed by atoms with van der Waals surface area (Å²) >= 11 is 11.9. The minimum atomic E-state index is 0.369. The number of benzene rings is 1. The van der Waals surface area contributed by atoms with E-state index >= 15 is 0 Å². The molecule has 0 atom stereocenters. The number of hydrogen-bond acceptors (Lipinski definition) is 3. The highest BCUT2D eigenvalue weighted by atomic mass is 35.5. The van der Waals surface area contributed by atoms with Crippen LogP contribution in [0.2, 0.25) is 10.2 Å². The SMILES string of the molecule is CN(Cc1cnc(Cl)cc1Cl)c1ccccc1C#N. The Kier molecular flexibility index (Phi) is 4.26. The fourth-order valence-corrected chi connectivity index (χ4v) is 2.22. The van der Waals surface area contributed by atoms with Gasteiger partial charge >= 0.3 is 0 Å². The Hall–Kier alpha value is -1.76. The van der Waals surface area contributed by atoms with Crippen molar-refractivity contribution in [3.8, 4) is 6.07 Å². The number of rotatable bonds is 3. The van der Waals surface area contributed by atoms with Crippen LogP contribution in [0.15, 0.2) is 36.5 Å². The third-order valence-electron chi connectivity index (χ3n) is 2.74. The van der Waals surface area contributed by atoms with E-state index in [9.17, 15) is 0 Å². The second kappa shape index (κ2) is 5.92. The summed E-state index contributed by atoms with van der Waals surface area (Å²) in [6, 6.07) is 11.2. The summed E-state index contributed by atoms with van der Waals surface area (Å²) in [5.74, 6) is 0. The van der Waals surface area contributed by atoms with E-state index in [1.165, 1.54) is 0 Å². The van der Waals surface area contributed by atoms with E-state index in [1.807, 2.05) is 30.1 Å². The summed E-state index contributed by atoms with van der Waals surface area (Å²) in [5.41, 5.74) is 2.35. The number of anilines is 1. The van der Waals surface area contributed by atoms with Crippen LogP contribution in [0.4, 0.5) is 5.69 Å². The Bertz CT molecular complexity index is 635. The van der Waals surface area contributed by atoms with Crippen LogP contribution in [0.1, 0.15) is 11.1 Å². The lowest BCUT2D eigenvalue weighted by molar-refractivity contribution is 0.913. The molecule has 0 aliphatic carbocycles. The summed E-state index contributed by atoms with van der Waals surface area (Å²) < 4.78 is 0. The van der Waals surface area contributed by atoms with E-state index in [1.54, 1.807) is 18.3 Å². The maximum Gasteiger partial charge on any atom is 0.130 e. The van der Waals surface area contributed by atoms with Crippen LogP contribution in [0.3, 0.4) is 0 Å². The summed E-state index contributed by atoms with van der Waals surface area (Å²) in [5, 5.41) is 10.0. The Morgan fingerprint density at radius 1 is 1.32 bits per heavy atom. The summed E-state index contributed by atoms with van der Waals surface area (Å²) in [6.45, 7) is 0.557. The number of pyridine rings is 1. The van der Waals surface area contributed by atoms with Gasteiger partial charge in [0.05, 0.1) is 16.3 Å². The van der Waals surface area contributed by atoms with Crippen molar-refractivity contribution < 1.29 is 0 Å². The lowest BCUT2D eigenvalue weighted by Crippen LogP contribution is -2.17. The van der Waals surface area contributed by atoms with E-state index in [-0.39, 0.29) is 0 Å². The van der Waals surface area contributed by atoms with Crippen LogP contribution >= 0.6 is 23.2 Å². The van der Waals surface area contributed by atoms with E-state index < -0.39 is 0 Å². The molecule has 0 radical (unpaired) electrons. The largest absolute Gasteiger partial charge is 0.369 e. The number of hydrogen-bond donors (Lipinski definition) is 0. The summed E-state index contributed by atoms with van der Waals surface area (Å²) in [7, 11) is 1.90. The van der Waals surface area contributed by atoms with Crippen molar-refractivity contribution in [2.24, 2.45) is 0 Å². The average Bonchev–Trinajstić information content (AvgIpc) is 2.41. The van der Waals surface area contributed by atoms with Gasteiger partial charge in [0.15, 0.2) is 0 Å². The van der Waals surface area contributed by atoms with Crippen LogP contribution in [0.25, 0.3) is 0 Å². The fourth-order valence-electron chi connectivity index (χ4n) is 1.79. The zero-order chi connectivity index (χ0) is 13.8. The molecule has 0 spiro atoms. The molecule has 2 aromatic rings. The molecule has 19 heavy (non-hydrogen) atoms. The molecule has 0 bridgehead atoms. The van der Waals surface area contributed by atoms with Gasteiger partial charge in [0, 0.05) is 25.4 Å². The first-order chi connectivity index (χ1) is 9.11. The molecule has 0 unspecified atom stereocenters. The number of nitriles is 1. The molecule has 1 aromatic heterocycles. The summed E-state index contributed by atoms with van der Waals surface area (Å²) in [4.78, 5) is 5.97. The van der Waals surface area contributed by atoms with Crippen molar-refractivity contribution in [1.29, 1.82) is 5.26 Å². The predicted octanol–water partition coefficient (Wildman–Crippen LogP) is 3.90. The van der Waals surface area contributed by atoms with Gasteiger partial charge in [0.2, 0.25) is 0 Å². The molecule has 0 aliphatic heterocycles. The van der Waals surface area contributed by atoms with Crippen LogP contribution in [0.5, 0.6) is 0 Å². The minimum absolute atomic E-state index is 0.369. The van der Waals surface area contributed by atoms with Gasteiger partial charge < -0.3 is 4.90 Å². The van der Waals surface area contributed by atoms with Gasteiger partial charge in [-0.25, -0.2) is 4.98 Å². The molecule has 0 aliphatic rings. The van der Waals surface area contributed by atoms with Gasteiger partial charge in [0.25, 0.3) is 0 Å². The number of halogens is 2. The zero-order valence-corrected chi connectivity index (χ0v) is 11.8. The number of para-hydroxylation sites is 1. The molecule has 5 heteroatoms. The van der Waals surface area contributed by atoms with Crippen LogP contribution in [0, 0.1) is 11.3 Å². The average molecular weight is 292 g/mol. The van der Waals surface area contributed by atoms with Crippen LogP contribution < -0.4 is 4.90 Å². The number of nitrogens with zero attached hydrogens (tertiary/aromatic N) is 3. The first-order valence-corrected chi connectivity index (χ1v) is 6.37. The van der Waals surface area contributed by atoms with E-state index in [2.05, 4.69) is 11.1 Å². The lowest BCUT2D eigenvalue weighted by Gasteiger charge is -2.20. The highest BCUT2D eigenvalue weighted by Gasteiger charge is 2.09. The molecule has 0 amide bonds. The Morgan fingerprint density at radius 2 is 2.05 bits per heavy atom. The molecule has 2 rings (SSSR count). The maximum absolute atomic E-state index is 9.09. The lowest BCUT2D eigenvalue weighted by atomic mass is 10.1. The van der Waals surface area contributed by atoms with Crippen molar-refractivity contribution >= 4 is 28.9 Å². The van der Waals surface area contributed by atoms with Crippen LogP contribution in [-0.4, -0.2) is 12.0 Å². The highest BCUT2D eigenvalue weighted by Crippen LogP contribution is 2.24. The second-order valence-corrected chi connectivity index (χ2v) is 4.88. The third kappa shape index (κ3) is 3.17. The monoisotopic (exact) mass is 291 g/mol. The fraction of sp³-hybridized carbons (Fsp3) is 0.143. The van der Waals surface area contributed by atoms with E-state index in [0.717, 1.165) is 11.3 Å². The molecule has 1 heterocycles. The Morgan fingerprint density at radius 3 is 2.74 bits per heavy atom. The molecule has 0 saturated carbocycles. The van der Waals surface area contributed by atoms with E-state index in [4.69, 9.17) is 28.5 Å². The molecule has 3 nitrogen and oxygen atoms in total. The topological polar surface area (TPSA) is 39.9 Å². The highest BCUT2D eigenvalue weighted by molar-refractivity contribution is 6.34. The second-order valence-electron chi connectivity index (χ2n) is 4.08. The first kappa shape index (κ1) is 13.7. The van der Waals surface area contributed by atoms with Gasteiger partial charge in [-0.05, 0) is 18.2 Å². The minimum Gasteiger partial charge on any atom is -0.369 e. The standard InChI is InChI=1S/C14H11Cl2N3/c1-19(13-5-3-2-4-10(13)7-17)9-11-8-18-14(16)6-12(11)15/h2-6,8H,9H2,1H3. The molecule has 96 valence electrons. The van der Waals surface area contributed by atoms with Crippen molar-refractivity contribution in [2.75, 3.05) is 11.9 Å². The van der Waals surface area contributed by atoms with Crippen molar-refractivity contribution in [2.45, 2.75) is 6.54 Å². The molecular formula is C14H11Cl2N3. The summed E-state index contributed by atoms with van der Waals surface area (Å²) in [6.07, 6.45) is 1.65. The van der Waals surface area contributed by atoms with E-state index in [0.29, 0.717) is 22.3 Å². The third-order valence-corrected chi connectivity index (χ3v) is 3.30. The normalized spacial score (nSPS) is 10.0. The molecule has 0 saturated heterocycles. The van der Waals surface area contributed by atoms with Gasteiger partial charge in [-0.3, -0.25) is 0 Å². The first-order valence-electron chi connectivity index (χ1n) is 5.62. The van der Waals surface area contributed by atoms with Gasteiger partial charge in [0.1, 0.15) is 11.2 Å². The Balaban J connectivity index is 2.26. The van der Waals surface area contributed by atoms with Gasteiger partial charge in [-0.15, -0.1) is 0 Å². The predicted molar refractivity (Wildman–Crippen MR) is 77.5 cm³/mol. The molecule has 0 fully saturated rings. The molecule has 1 aromatic carbocycles. The molecular weight excluding hydrogens is 281 g/mol. The van der Waals surface area contributed by atoms with Gasteiger partial charge in [-0.1, -0.05) is 35.3 Å².